The number of halogens is 1. The Hall–Kier alpha value is -1.68. The maximum absolute atomic E-state index is 13.8. The Morgan fingerprint density at radius 2 is 2.00 bits per heavy atom. The van der Waals surface area contributed by atoms with Crippen LogP contribution in [0.2, 0.25) is 0 Å². The highest BCUT2D eigenvalue weighted by atomic mass is 19.1. The minimum Gasteiger partial charge on any atom is -0.346 e. The molecule has 3 N–H and O–H groups in total. The Labute approximate surface area is 113 Å². The first-order valence-electron chi connectivity index (χ1n) is 6.43. The van der Waals surface area contributed by atoms with E-state index in [1.807, 2.05) is 13.0 Å². The van der Waals surface area contributed by atoms with Gasteiger partial charge in [0.1, 0.15) is 11.6 Å². The molecule has 4 heteroatoms. The molecular formula is C15H20FN3. The van der Waals surface area contributed by atoms with Crippen molar-refractivity contribution in [1.82, 2.24) is 9.97 Å². The van der Waals surface area contributed by atoms with E-state index >= 15 is 0 Å². The van der Waals surface area contributed by atoms with E-state index < -0.39 is 0 Å². The summed E-state index contributed by atoms with van der Waals surface area (Å²) in [6.45, 7) is 6.68. The van der Waals surface area contributed by atoms with Crippen molar-refractivity contribution in [3.8, 4) is 11.3 Å². The summed E-state index contributed by atoms with van der Waals surface area (Å²) < 4.78 is 13.8. The normalized spacial score (nSPS) is 11.8. The summed E-state index contributed by atoms with van der Waals surface area (Å²) in [6, 6.07) is 6.69. The molecule has 2 rings (SSSR count). The number of H-pyrrole nitrogens is 1. The third-order valence-electron chi connectivity index (χ3n) is 3.26. The maximum atomic E-state index is 13.8. The molecule has 0 bridgehead atoms. The molecule has 1 heterocycles. The fourth-order valence-corrected chi connectivity index (χ4v) is 2.05. The molecule has 0 saturated heterocycles. The van der Waals surface area contributed by atoms with Crippen molar-refractivity contribution in [2.75, 3.05) is 6.54 Å². The van der Waals surface area contributed by atoms with Gasteiger partial charge in [-0.2, -0.15) is 0 Å². The van der Waals surface area contributed by atoms with Crippen molar-refractivity contribution < 1.29 is 4.39 Å². The van der Waals surface area contributed by atoms with Gasteiger partial charge in [-0.25, -0.2) is 9.37 Å². The minimum absolute atomic E-state index is 0.0171. The molecule has 0 atom stereocenters. The van der Waals surface area contributed by atoms with Crippen LogP contribution in [0.25, 0.3) is 11.3 Å². The summed E-state index contributed by atoms with van der Waals surface area (Å²) >= 11 is 0. The zero-order chi connectivity index (χ0) is 14.0. The van der Waals surface area contributed by atoms with E-state index in [0.29, 0.717) is 17.8 Å². The highest BCUT2D eigenvalue weighted by Gasteiger charge is 2.20. The predicted molar refractivity (Wildman–Crippen MR) is 75.3 cm³/mol. The molecule has 3 nitrogen and oxygen atoms in total. The van der Waals surface area contributed by atoms with Crippen LogP contribution in [0, 0.1) is 18.2 Å². The van der Waals surface area contributed by atoms with Gasteiger partial charge in [0, 0.05) is 17.7 Å². The first-order chi connectivity index (χ1) is 8.93. The van der Waals surface area contributed by atoms with E-state index in [0.717, 1.165) is 17.9 Å². The summed E-state index contributed by atoms with van der Waals surface area (Å²) in [6.07, 6.45) is 0.749. The van der Waals surface area contributed by atoms with Gasteiger partial charge < -0.3 is 10.7 Å². The predicted octanol–water partition coefficient (Wildman–Crippen LogP) is 3.05. The maximum Gasteiger partial charge on any atom is 0.132 e. The van der Waals surface area contributed by atoms with Crippen LogP contribution in [-0.4, -0.2) is 16.5 Å². The molecule has 0 fully saturated rings. The molecule has 0 spiro atoms. The van der Waals surface area contributed by atoms with Crippen LogP contribution in [0.3, 0.4) is 0 Å². The topological polar surface area (TPSA) is 54.7 Å². The lowest BCUT2D eigenvalue weighted by Gasteiger charge is -2.20. The smallest absolute Gasteiger partial charge is 0.132 e. The molecule has 0 unspecified atom stereocenters. The number of benzene rings is 1. The SMILES string of the molecule is Cc1[nH]c(CC(C)(C)CN)nc1-c1ccccc1F. The fourth-order valence-electron chi connectivity index (χ4n) is 2.05. The number of imidazole rings is 1. The Balaban J connectivity index is 2.35. The van der Waals surface area contributed by atoms with Crippen molar-refractivity contribution >= 4 is 0 Å². The summed E-state index contributed by atoms with van der Waals surface area (Å²) in [5, 5.41) is 0. The molecule has 2 aromatic rings. The monoisotopic (exact) mass is 261 g/mol. The first kappa shape index (κ1) is 13.7. The van der Waals surface area contributed by atoms with Gasteiger partial charge in [0.15, 0.2) is 0 Å². The van der Waals surface area contributed by atoms with Gasteiger partial charge in [0.2, 0.25) is 0 Å². The Morgan fingerprint density at radius 1 is 1.32 bits per heavy atom. The third kappa shape index (κ3) is 3.01. The molecule has 1 aromatic carbocycles. The molecule has 0 aliphatic heterocycles. The van der Waals surface area contributed by atoms with E-state index in [-0.39, 0.29) is 11.2 Å². The molecule has 19 heavy (non-hydrogen) atoms. The standard InChI is InChI=1S/C15H20FN3/c1-10-14(11-6-4-5-7-12(11)16)19-13(18-10)8-15(2,3)9-17/h4-7H,8-9,17H2,1-3H3,(H,18,19). The summed E-state index contributed by atoms with van der Waals surface area (Å²) in [5.41, 5.74) is 7.81. The van der Waals surface area contributed by atoms with E-state index in [9.17, 15) is 4.39 Å². The van der Waals surface area contributed by atoms with Crippen LogP contribution in [0.5, 0.6) is 0 Å². The Kier molecular flexibility index (Phi) is 3.71. The van der Waals surface area contributed by atoms with Crippen LogP contribution in [0.15, 0.2) is 24.3 Å². The van der Waals surface area contributed by atoms with Crippen molar-refractivity contribution in [2.45, 2.75) is 27.2 Å². The molecular weight excluding hydrogens is 241 g/mol. The van der Waals surface area contributed by atoms with Gasteiger partial charge in [-0.15, -0.1) is 0 Å². The van der Waals surface area contributed by atoms with Crippen molar-refractivity contribution in [2.24, 2.45) is 11.1 Å². The molecule has 102 valence electrons. The molecule has 1 aromatic heterocycles. The van der Waals surface area contributed by atoms with Gasteiger partial charge in [0.05, 0.1) is 5.69 Å². The average Bonchev–Trinajstić information content (AvgIpc) is 2.70. The van der Waals surface area contributed by atoms with Crippen LogP contribution in [-0.2, 0) is 6.42 Å². The second-order valence-corrected chi connectivity index (χ2v) is 5.68. The Bertz CT molecular complexity index is 573. The fraction of sp³-hybridized carbons (Fsp3) is 0.400. The van der Waals surface area contributed by atoms with Crippen molar-refractivity contribution in [1.29, 1.82) is 0 Å². The molecule has 0 radical (unpaired) electrons. The van der Waals surface area contributed by atoms with E-state index in [4.69, 9.17) is 5.73 Å². The third-order valence-corrected chi connectivity index (χ3v) is 3.26. The Morgan fingerprint density at radius 3 is 2.63 bits per heavy atom. The number of aryl methyl sites for hydroxylation is 1. The second-order valence-electron chi connectivity index (χ2n) is 5.68. The summed E-state index contributed by atoms with van der Waals surface area (Å²) in [7, 11) is 0. The molecule has 0 aliphatic carbocycles. The summed E-state index contributed by atoms with van der Waals surface area (Å²) in [5.74, 6) is 0.605. The van der Waals surface area contributed by atoms with Gasteiger partial charge in [-0.1, -0.05) is 26.0 Å². The number of nitrogens with zero attached hydrogens (tertiary/aromatic N) is 1. The van der Waals surface area contributed by atoms with Crippen molar-refractivity contribution in [3.63, 3.8) is 0 Å². The second kappa shape index (κ2) is 5.13. The minimum atomic E-state index is -0.248. The number of aromatic nitrogens is 2. The lowest BCUT2D eigenvalue weighted by atomic mass is 9.89. The van der Waals surface area contributed by atoms with E-state index in [1.165, 1.54) is 6.07 Å². The van der Waals surface area contributed by atoms with Gasteiger partial charge in [-0.3, -0.25) is 0 Å². The lowest BCUT2D eigenvalue weighted by molar-refractivity contribution is 0.369. The van der Waals surface area contributed by atoms with Gasteiger partial charge in [-0.05, 0) is 31.0 Å². The quantitative estimate of drug-likeness (QED) is 0.888. The van der Waals surface area contributed by atoms with Crippen LogP contribution >= 0.6 is 0 Å². The number of nitrogens with two attached hydrogens (primary N) is 1. The van der Waals surface area contributed by atoms with Gasteiger partial charge >= 0.3 is 0 Å². The van der Waals surface area contributed by atoms with Crippen LogP contribution < -0.4 is 5.73 Å². The number of hydrogen-bond donors (Lipinski definition) is 2. The highest BCUT2D eigenvalue weighted by Crippen LogP contribution is 2.26. The first-order valence-corrected chi connectivity index (χ1v) is 6.43. The van der Waals surface area contributed by atoms with Gasteiger partial charge in [0.25, 0.3) is 0 Å². The molecule has 0 saturated carbocycles. The van der Waals surface area contributed by atoms with Crippen LogP contribution in [0.1, 0.15) is 25.4 Å². The van der Waals surface area contributed by atoms with Crippen LogP contribution in [0.4, 0.5) is 4.39 Å². The average molecular weight is 261 g/mol. The number of hydrogen-bond acceptors (Lipinski definition) is 2. The highest BCUT2D eigenvalue weighted by molar-refractivity contribution is 5.62. The largest absolute Gasteiger partial charge is 0.346 e. The number of nitrogens with one attached hydrogen (secondary N) is 1. The molecule has 0 aliphatic rings. The summed E-state index contributed by atoms with van der Waals surface area (Å²) in [4.78, 5) is 7.75. The van der Waals surface area contributed by atoms with E-state index in [2.05, 4.69) is 23.8 Å². The van der Waals surface area contributed by atoms with Crippen molar-refractivity contribution in [3.05, 3.63) is 41.6 Å². The van der Waals surface area contributed by atoms with E-state index in [1.54, 1.807) is 12.1 Å². The number of rotatable bonds is 4. The molecule has 0 amide bonds. The zero-order valence-corrected chi connectivity index (χ0v) is 11.6. The zero-order valence-electron chi connectivity index (χ0n) is 11.6. The lowest BCUT2D eigenvalue weighted by Crippen LogP contribution is -2.26. The number of aromatic amines is 1.